The van der Waals surface area contributed by atoms with Gasteiger partial charge in [0.1, 0.15) is 12.1 Å². The van der Waals surface area contributed by atoms with Crippen molar-refractivity contribution in [2.24, 2.45) is 18.7 Å². The van der Waals surface area contributed by atoms with Crippen molar-refractivity contribution >= 4 is 45.5 Å². The average molecular weight is 533 g/mol. The predicted molar refractivity (Wildman–Crippen MR) is 128 cm³/mol. The highest BCUT2D eigenvalue weighted by Gasteiger charge is 2.39. The van der Waals surface area contributed by atoms with Crippen molar-refractivity contribution < 1.29 is 32.7 Å². The number of nitrogens with zero attached hydrogens (tertiary/aromatic N) is 3. The van der Waals surface area contributed by atoms with E-state index < -0.39 is 51.8 Å². The zero-order valence-electron chi connectivity index (χ0n) is 19.8. The molecule has 1 aliphatic heterocycles. The number of hydrogen-bond donors (Lipinski definition) is 4. The van der Waals surface area contributed by atoms with E-state index in [9.17, 15) is 27.6 Å². The second-order valence-electron chi connectivity index (χ2n) is 8.80. The molecule has 2 heterocycles. The molecule has 1 fully saturated rings. The van der Waals surface area contributed by atoms with Gasteiger partial charge in [0.05, 0.1) is 17.8 Å². The zero-order valence-corrected chi connectivity index (χ0v) is 21.5. The van der Waals surface area contributed by atoms with Crippen LogP contribution in [0.25, 0.3) is 0 Å². The topological polar surface area (TPSA) is 194 Å². The van der Waals surface area contributed by atoms with E-state index in [1.807, 2.05) is 13.8 Å². The molecule has 0 spiro atoms. The number of aryl methyl sites for hydroxylation is 1. The Hall–Kier alpha value is -2.65. The lowest BCUT2D eigenvalue weighted by Crippen LogP contribution is -2.60. The molecule has 1 aromatic rings. The minimum atomic E-state index is -3.96. The monoisotopic (exact) mass is 532 g/mol. The van der Waals surface area contributed by atoms with Gasteiger partial charge in [0.2, 0.25) is 17.7 Å². The summed E-state index contributed by atoms with van der Waals surface area (Å²) in [6.07, 6.45) is 3.18. The lowest BCUT2D eigenvalue weighted by molar-refractivity contribution is -0.141. The van der Waals surface area contributed by atoms with Crippen LogP contribution in [0.15, 0.2) is 17.6 Å². The molecule has 0 saturated carbocycles. The minimum Gasteiger partial charge on any atom is -0.481 e. The smallest absolute Gasteiger partial charge is 0.313 e. The summed E-state index contributed by atoms with van der Waals surface area (Å²) in [7, 11) is -2.33. The number of carboxylic acids is 1. The van der Waals surface area contributed by atoms with E-state index in [0.717, 1.165) is 11.8 Å². The summed E-state index contributed by atoms with van der Waals surface area (Å²) in [4.78, 5) is 53.7. The van der Waals surface area contributed by atoms with Gasteiger partial charge in [-0.15, -0.1) is 11.8 Å². The maximum absolute atomic E-state index is 13.2. The molecule has 2 rings (SSSR count). The third kappa shape index (κ3) is 8.50. The van der Waals surface area contributed by atoms with Crippen LogP contribution in [0.4, 0.5) is 0 Å². The van der Waals surface area contributed by atoms with Crippen molar-refractivity contribution in [1.82, 2.24) is 24.5 Å². The molecule has 0 bridgehead atoms. The van der Waals surface area contributed by atoms with Crippen LogP contribution in [0, 0.1) is 5.92 Å². The Kier molecular flexibility index (Phi) is 10.1. The van der Waals surface area contributed by atoms with Gasteiger partial charge in [-0.2, -0.15) is 0 Å². The molecule has 15 heteroatoms. The summed E-state index contributed by atoms with van der Waals surface area (Å²) >= 11 is 0.896. The van der Waals surface area contributed by atoms with Crippen molar-refractivity contribution in [3.63, 3.8) is 0 Å². The van der Waals surface area contributed by atoms with Gasteiger partial charge in [0, 0.05) is 25.8 Å². The fraction of sp³-hybridized carbons (Fsp3) is 0.650. The molecule has 0 radical (unpaired) electrons. The lowest BCUT2D eigenvalue weighted by atomic mass is 9.96. The van der Waals surface area contributed by atoms with Crippen LogP contribution in [0.3, 0.4) is 0 Å². The summed E-state index contributed by atoms with van der Waals surface area (Å²) in [5, 5.41) is 11.2. The van der Waals surface area contributed by atoms with Crippen LogP contribution < -0.4 is 15.8 Å². The fourth-order valence-corrected chi connectivity index (χ4v) is 5.60. The number of nitrogens with two attached hydrogens (primary N) is 1. The molecule has 1 saturated heterocycles. The zero-order chi connectivity index (χ0) is 26.3. The first-order valence-corrected chi connectivity index (χ1v) is 13.6. The van der Waals surface area contributed by atoms with Gasteiger partial charge in [-0.25, -0.2) is 18.1 Å². The average Bonchev–Trinajstić information content (AvgIpc) is 3.19. The molecule has 13 nitrogen and oxygen atoms in total. The first-order chi connectivity index (χ1) is 16.3. The second kappa shape index (κ2) is 12.4. The van der Waals surface area contributed by atoms with E-state index in [4.69, 9.17) is 10.8 Å². The Morgan fingerprint density at radius 3 is 2.51 bits per heavy atom. The van der Waals surface area contributed by atoms with Gasteiger partial charge in [0.25, 0.3) is 10.0 Å². The molecular weight excluding hydrogens is 500 g/mol. The number of rotatable bonds is 12. The van der Waals surface area contributed by atoms with Crippen molar-refractivity contribution in [3.8, 4) is 0 Å². The van der Waals surface area contributed by atoms with E-state index >= 15 is 0 Å². The van der Waals surface area contributed by atoms with Gasteiger partial charge in [-0.1, -0.05) is 13.8 Å². The Morgan fingerprint density at radius 2 is 1.97 bits per heavy atom. The first kappa shape index (κ1) is 28.6. The standard InChI is InChI=1S/C20H32N6O7S2/c1-12(2)6-14(19(21)30)23-20(31)15-7-13(24-35(32,33)16-8-25(3)11-22-16)4-5-26(15)17(27)9-34-10-18(28)29/h8,11-15,24H,4-7,9-10H2,1-3H3,(H2,21,30)(H,23,31)(H,28,29). The Morgan fingerprint density at radius 1 is 1.29 bits per heavy atom. The number of aliphatic carboxylic acids is 1. The summed E-state index contributed by atoms with van der Waals surface area (Å²) < 4.78 is 29.4. The molecular formula is C20H32N6O7S2. The minimum absolute atomic E-state index is 0.0413. The summed E-state index contributed by atoms with van der Waals surface area (Å²) in [6, 6.07) is -2.70. The van der Waals surface area contributed by atoms with Crippen molar-refractivity contribution in [2.75, 3.05) is 18.1 Å². The number of nitrogens with one attached hydrogen (secondary N) is 2. The van der Waals surface area contributed by atoms with Crippen LogP contribution in [-0.2, 0) is 36.2 Å². The number of aromatic nitrogens is 2. The number of carboxylic acid groups (broad SMARTS) is 1. The number of amides is 3. The fourth-order valence-electron chi connectivity index (χ4n) is 3.72. The Balaban J connectivity index is 2.20. The summed E-state index contributed by atoms with van der Waals surface area (Å²) in [6.45, 7) is 3.78. The predicted octanol–water partition coefficient (Wildman–Crippen LogP) is -1.11. The summed E-state index contributed by atoms with van der Waals surface area (Å²) in [5.74, 6) is -3.26. The van der Waals surface area contributed by atoms with Crippen LogP contribution in [-0.4, -0.2) is 87.8 Å². The number of primary amides is 1. The van der Waals surface area contributed by atoms with E-state index in [1.165, 1.54) is 22.0 Å². The van der Waals surface area contributed by atoms with Crippen LogP contribution in [0.5, 0.6) is 0 Å². The highest BCUT2D eigenvalue weighted by atomic mass is 32.2. The van der Waals surface area contributed by atoms with Gasteiger partial charge in [-0.3, -0.25) is 19.2 Å². The number of piperidine rings is 1. The third-order valence-corrected chi connectivity index (χ3v) is 7.63. The number of sulfonamides is 1. The van der Waals surface area contributed by atoms with Crippen molar-refractivity contribution in [3.05, 3.63) is 12.5 Å². The van der Waals surface area contributed by atoms with Gasteiger partial charge < -0.3 is 25.6 Å². The van der Waals surface area contributed by atoms with Crippen LogP contribution in [0.2, 0.25) is 0 Å². The number of carbonyl (C=O) groups is 4. The summed E-state index contributed by atoms with van der Waals surface area (Å²) in [5.41, 5.74) is 5.43. The highest BCUT2D eigenvalue weighted by Crippen LogP contribution is 2.22. The SMILES string of the molecule is CC(C)CC(NC(=O)C1CC(NS(=O)(=O)c2cn(C)cn2)CCN1C(=O)CSCC(=O)O)C(N)=O. The van der Waals surface area contributed by atoms with E-state index in [0.29, 0.717) is 6.42 Å². The Labute approximate surface area is 208 Å². The van der Waals surface area contributed by atoms with Crippen molar-refractivity contribution in [1.29, 1.82) is 0 Å². The maximum atomic E-state index is 13.2. The second-order valence-corrected chi connectivity index (χ2v) is 11.4. The number of likely N-dealkylation sites (tertiary alicyclic amines) is 1. The number of carbonyl (C=O) groups excluding carboxylic acids is 3. The van der Waals surface area contributed by atoms with Gasteiger partial charge in [0.15, 0.2) is 5.03 Å². The Bertz CT molecular complexity index is 1040. The van der Waals surface area contributed by atoms with E-state index in [-0.39, 0.29) is 41.8 Å². The van der Waals surface area contributed by atoms with Crippen molar-refractivity contribution in [2.45, 2.75) is 56.3 Å². The molecule has 1 aliphatic rings. The normalized spacial score (nSPS) is 19.4. The molecule has 0 aliphatic carbocycles. The lowest BCUT2D eigenvalue weighted by Gasteiger charge is -2.39. The van der Waals surface area contributed by atoms with E-state index in [1.54, 1.807) is 7.05 Å². The van der Waals surface area contributed by atoms with Crippen LogP contribution in [0.1, 0.15) is 33.1 Å². The number of thioether (sulfide) groups is 1. The molecule has 5 N–H and O–H groups in total. The maximum Gasteiger partial charge on any atom is 0.313 e. The van der Waals surface area contributed by atoms with Gasteiger partial charge >= 0.3 is 5.97 Å². The molecule has 1 aromatic heterocycles. The first-order valence-electron chi connectivity index (χ1n) is 11.0. The largest absolute Gasteiger partial charge is 0.481 e. The highest BCUT2D eigenvalue weighted by molar-refractivity contribution is 8.00. The molecule has 3 amide bonds. The number of hydrogen-bond acceptors (Lipinski definition) is 8. The van der Waals surface area contributed by atoms with Crippen LogP contribution >= 0.6 is 11.8 Å². The van der Waals surface area contributed by atoms with E-state index in [2.05, 4.69) is 15.0 Å². The third-order valence-electron chi connectivity index (χ3n) is 5.32. The van der Waals surface area contributed by atoms with Gasteiger partial charge in [-0.05, 0) is 25.2 Å². The molecule has 3 atom stereocenters. The molecule has 196 valence electrons. The molecule has 3 unspecified atom stereocenters. The molecule has 0 aromatic carbocycles. The number of imidazole rings is 1. The molecule has 35 heavy (non-hydrogen) atoms. The quantitative estimate of drug-likeness (QED) is 0.258.